The van der Waals surface area contributed by atoms with Gasteiger partial charge in [0.15, 0.2) is 0 Å². The second-order valence-electron chi connectivity index (χ2n) is 5.91. The summed E-state index contributed by atoms with van der Waals surface area (Å²) in [6, 6.07) is 6.60. The van der Waals surface area contributed by atoms with Crippen LogP contribution in [0.3, 0.4) is 0 Å². The van der Waals surface area contributed by atoms with Crippen molar-refractivity contribution < 1.29 is 4.74 Å². The van der Waals surface area contributed by atoms with Crippen molar-refractivity contribution in [2.45, 2.75) is 39.4 Å². The lowest BCUT2D eigenvalue weighted by Crippen LogP contribution is -2.55. The van der Waals surface area contributed by atoms with E-state index in [0.717, 1.165) is 13.1 Å². The highest BCUT2D eigenvalue weighted by Gasteiger charge is 2.33. The molecule has 0 radical (unpaired) electrons. The van der Waals surface area contributed by atoms with Crippen LogP contribution in [0.2, 0.25) is 0 Å². The smallest absolute Gasteiger partial charge is 0.0879 e. The zero-order valence-electron chi connectivity index (χ0n) is 11.9. The number of nitrogens with two attached hydrogens (primary N) is 1. The Hall–Kier alpha value is -1.06. The Bertz CT molecular complexity index is 429. The van der Waals surface area contributed by atoms with Crippen LogP contribution in [0.5, 0.6) is 0 Å². The molecule has 1 fully saturated rings. The number of benzene rings is 1. The zero-order chi connectivity index (χ0) is 13.3. The van der Waals surface area contributed by atoms with Gasteiger partial charge in [0.1, 0.15) is 0 Å². The number of anilines is 1. The summed E-state index contributed by atoms with van der Waals surface area (Å²) in [5.74, 6) is 0. The average molecular weight is 248 g/mol. The Morgan fingerprint density at radius 2 is 2.11 bits per heavy atom. The molecule has 0 spiro atoms. The SMILES string of the molecule is Cc1ccc(C)c(N2CC(CN)OC(C)(C)C2)c1. The van der Waals surface area contributed by atoms with Crippen LogP contribution in [-0.2, 0) is 4.74 Å². The molecule has 3 heteroatoms. The van der Waals surface area contributed by atoms with E-state index >= 15 is 0 Å². The van der Waals surface area contributed by atoms with Crippen LogP contribution in [0.15, 0.2) is 18.2 Å². The molecule has 0 bridgehead atoms. The molecule has 1 heterocycles. The lowest BCUT2D eigenvalue weighted by Gasteiger charge is -2.44. The number of aryl methyl sites for hydroxylation is 2. The molecule has 0 aromatic heterocycles. The second kappa shape index (κ2) is 4.90. The normalized spacial score (nSPS) is 23.2. The quantitative estimate of drug-likeness (QED) is 0.872. The third-order valence-electron chi connectivity index (χ3n) is 3.45. The van der Waals surface area contributed by atoms with Crippen LogP contribution in [0.1, 0.15) is 25.0 Å². The summed E-state index contributed by atoms with van der Waals surface area (Å²) in [5, 5.41) is 0. The van der Waals surface area contributed by atoms with Gasteiger partial charge >= 0.3 is 0 Å². The molecule has 1 aliphatic heterocycles. The molecule has 2 N–H and O–H groups in total. The van der Waals surface area contributed by atoms with Gasteiger partial charge in [-0.05, 0) is 44.9 Å². The fourth-order valence-electron chi connectivity index (χ4n) is 2.66. The lowest BCUT2D eigenvalue weighted by atomic mass is 10.0. The summed E-state index contributed by atoms with van der Waals surface area (Å²) in [4.78, 5) is 2.41. The van der Waals surface area contributed by atoms with E-state index in [1.54, 1.807) is 0 Å². The number of ether oxygens (including phenoxy) is 1. The van der Waals surface area contributed by atoms with Gasteiger partial charge in [0.2, 0.25) is 0 Å². The van der Waals surface area contributed by atoms with Crippen LogP contribution in [0.4, 0.5) is 5.69 Å². The van der Waals surface area contributed by atoms with Crippen molar-refractivity contribution in [3.63, 3.8) is 0 Å². The van der Waals surface area contributed by atoms with Crippen molar-refractivity contribution in [2.75, 3.05) is 24.5 Å². The molecule has 100 valence electrons. The summed E-state index contributed by atoms with van der Waals surface area (Å²) in [6.45, 7) is 10.9. The monoisotopic (exact) mass is 248 g/mol. The van der Waals surface area contributed by atoms with Gasteiger partial charge in [-0.15, -0.1) is 0 Å². The molecule has 1 aliphatic rings. The van der Waals surface area contributed by atoms with Crippen LogP contribution < -0.4 is 10.6 Å². The van der Waals surface area contributed by atoms with E-state index in [9.17, 15) is 0 Å². The fourth-order valence-corrected chi connectivity index (χ4v) is 2.66. The summed E-state index contributed by atoms with van der Waals surface area (Å²) < 4.78 is 5.98. The van der Waals surface area contributed by atoms with E-state index in [1.807, 2.05) is 0 Å². The maximum atomic E-state index is 5.98. The molecule has 1 saturated heterocycles. The Balaban J connectivity index is 2.29. The standard InChI is InChI=1S/C15H24N2O/c1-11-5-6-12(2)14(7-11)17-9-13(8-16)18-15(3,4)10-17/h5-7,13H,8-10,16H2,1-4H3. The minimum Gasteiger partial charge on any atom is -0.367 e. The van der Waals surface area contributed by atoms with E-state index in [1.165, 1.54) is 16.8 Å². The summed E-state index contributed by atoms with van der Waals surface area (Å²) >= 11 is 0. The molecule has 2 rings (SSSR count). The maximum absolute atomic E-state index is 5.98. The lowest BCUT2D eigenvalue weighted by molar-refractivity contribution is -0.0788. The largest absolute Gasteiger partial charge is 0.367 e. The van der Waals surface area contributed by atoms with Crippen molar-refractivity contribution in [1.29, 1.82) is 0 Å². The van der Waals surface area contributed by atoms with E-state index < -0.39 is 0 Å². The summed E-state index contributed by atoms with van der Waals surface area (Å²) in [7, 11) is 0. The first-order valence-electron chi connectivity index (χ1n) is 6.61. The molecule has 18 heavy (non-hydrogen) atoms. The number of rotatable bonds is 2. The van der Waals surface area contributed by atoms with Gasteiger partial charge in [-0.3, -0.25) is 0 Å². The fraction of sp³-hybridized carbons (Fsp3) is 0.600. The van der Waals surface area contributed by atoms with Crippen LogP contribution in [0.25, 0.3) is 0 Å². The molecule has 0 aliphatic carbocycles. The first kappa shape index (κ1) is 13.4. The van der Waals surface area contributed by atoms with E-state index in [0.29, 0.717) is 6.54 Å². The Morgan fingerprint density at radius 3 is 2.78 bits per heavy atom. The Morgan fingerprint density at radius 1 is 1.39 bits per heavy atom. The molecular weight excluding hydrogens is 224 g/mol. The van der Waals surface area contributed by atoms with Crippen LogP contribution in [-0.4, -0.2) is 31.3 Å². The van der Waals surface area contributed by atoms with E-state index in [2.05, 4.69) is 50.8 Å². The number of hydrogen-bond acceptors (Lipinski definition) is 3. The van der Waals surface area contributed by atoms with E-state index in [4.69, 9.17) is 10.5 Å². The first-order chi connectivity index (χ1) is 8.41. The Kier molecular flexibility index (Phi) is 3.64. The van der Waals surface area contributed by atoms with Crippen molar-refractivity contribution >= 4 is 5.69 Å². The summed E-state index contributed by atoms with van der Waals surface area (Å²) in [5.41, 5.74) is 9.56. The highest BCUT2D eigenvalue weighted by Crippen LogP contribution is 2.28. The van der Waals surface area contributed by atoms with Gasteiger partial charge in [-0.1, -0.05) is 12.1 Å². The zero-order valence-corrected chi connectivity index (χ0v) is 11.9. The van der Waals surface area contributed by atoms with Crippen LogP contribution >= 0.6 is 0 Å². The molecular formula is C15H24N2O. The van der Waals surface area contributed by atoms with Crippen molar-refractivity contribution in [2.24, 2.45) is 5.73 Å². The predicted molar refractivity (Wildman–Crippen MR) is 76.1 cm³/mol. The van der Waals surface area contributed by atoms with Gasteiger partial charge in [-0.2, -0.15) is 0 Å². The molecule has 1 atom stereocenters. The van der Waals surface area contributed by atoms with Gasteiger partial charge in [0.05, 0.1) is 11.7 Å². The minimum absolute atomic E-state index is 0.119. The third kappa shape index (κ3) is 2.85. The molecule has 1 unspecified atom stereocenters. The molecule has 3 nitrogen and oxygen atoms in total. The number of morpholine rings is 1. The predicted octanol–water partition coefficient (Wildman–Crippen LogP) is 2.25. The topological polar surface area (TPSA) is 38.5 Å². The molecule has 0 amide bonds. The highest BCUT2D eigenvalue weighted by molar-refractivity contribution is 5.55. The number of hydrogen-bond donors (Lipinski definition) is 1. The summed E-state index contributed by atoms with van der Waals surface area (Å²) in [6.07, 6.45) is 0.119. The van der Waals surface area contributed by atoms with Crippen molar-refractivity contribution in [1.82, 2.24) is 0 Å². The van der Waals surface area contributed by atoms with E-state index in [-0.39, 0.29) is 11.7 Å². The third-order valence-corrected chi connectivity index (χ3v) is 3.45. The average Bonchev–Trinajstić information content (AvgIpc) is 2.30. The van der Waals surface area contributed by atoms with Gasteiger partial charge < -0.3 is 15.4 Å². The minimum atomic E-state index is -0.140. The number of nitrogens with zero attached hydrogens (tertiary/aromatic N) is 1. The van der Waals surface area contributed by atoms with Gasteiger partial charge in [0, 0.05) is 25.3 Å². The molecule has 1 aromatic rings. The molecule has 0 saturated carbocycles. The van der Waals surface area contributed by atoms with Gasteiger partial charge in [-0.25, -0.2) is 0 Å². The molecule has 1 aromatic carbocycles. The van der Waals surface area contributed by atoms with Gasteiger partial charge in [0.25, 0.3) is 0 Å². The highest BCUT2D eigenvalue weighted by atomic mass is 16.5. The maximum Gasteiger partial charge on any atom is 0.0879 e. The van der Waals surface area contributed by atoms with Crippen LogP contribution in [0, 0.1) is 13.8 Å². The Labute approximate surface area is 110 Å². The van der Waals surface area contributed by atoms with Crippen molar-refractivity contribution in [3.8, 4) is 0 Å². The first-order valence-corrected chi connectivity index (χ1v) is 6.61. The van der Waals surface area contributed by atoms with Crippen molar-refractivity contribution in [3.05, 3.63) is 29.3 Å². The second-order valence-corrected chi connectivity index (χ2v) is 5.91.